The van der Waals surface area contributed by atoms with Crippen LogP contribution in [0.15, 0.2) is 27.4 Å². The molecule has 2 N–H and O–H groups in total. The van der Waals surface area contributed by atoms with Crippen LogP contribution in [-0.4, -0.2) is 11.5 Å². The SMILES string of the molecule is CC(CN)Cc1cc(Br)c2ocnc2c1. The van der Waals surface area contributed by atoms with Gasteiger partial charge < -0.3 is 10.2 Å². The van der Waals surface area contributed by atoms with Crippen LogP contribution in [-0.2, 0) is 6.42 Å². The van der Waals surface area contributed by atoms with Crippen molar-refractivity contribution in [3.8, 4) is 0 Å². The lowest BCUT2D eigenvalue weighted by Crippen LogP contribution is -2.13. The Balaban J connectivity index is 2.36. The molecular weight excluding hydrogens is 256 g/mol. The van der Waals surface area contributed by atoms with Crippen molar-refractivity contribution in [2.75, 3.05) is 6.54 Å². The number of hydrogen-bond donors (Lipinski definition) is 1. The van der Waals surface area contributed by atoms with Gasteiger partial charge in [0, 0.05) is 0 Å². The fraction of sp³-hybridized carbons (Fsp3) is 0.364. The summed E-state index contributed by atoms with van der Waals surface area (Å²) in [6.45, 7) is 2.84. The highest BCUT2D eigenvalue weighted by Crippen LogP contribution is 2.26. The molecule has 1 aromatic heterocycles. The van der Waals surface area contributed by atoms with Crippen molar-refractivity contribution in [3.05, 3.63) is 28.6 Å². The van der Waals surface area contributed by atoms with E-state index in [9.17, 15) is 0 Å². The van der Waals surface area contributed by atoms with E-state index in [0.29, 0.717) is 12.5 Å². The van der Waals surface area contributed by atoms with Gasteiger partial charge in [0.25, 0.3) is 0 Å². The summed E-state index contributed by atoms with van der Waals surface area (Å²) in [7, 11) is 0. The smallest absolute Gasteiger partial charge is 0.182 e. The maximum Gasteiger partial charge on any atom is 0.182 e. The molecule has 3 nitrogen and oxygen atoms in total. The molecule has 0 aliphatic heterocycles. The number of aromatic nitrogens is 1. The van der Waals surface area contributed by atoms with E-state index in [4.69, 9.17) is 10.2 Å². The summed E-state index contributed by atoms with van der Waals surface area (Å²) in [6, 6.07) is 4.12. The second-order valence-corrected chi connectivity index (χ2v) is 4.68. The van der Waals surface area contributed by atoms with Crippen LogP contribution in [0.25, 0.3) is 11.1 Å². The van der Waals surface area contributed by atoms with Crippen LogP contribution < -0.4 is 5.73 Å². The van der Waals surface area contributed by atoms with Gasteiger partial charge in [0.05, 0.1) is 4.47 Å². The number of halogens is 1. The van der Waals surface area contributed by atoms with Crippen molar-refractivity contribution < 1.29 is 4.42 Å². The van der Waals surface area contributed by atoms with E-state index in [0.717, 1.165) is 22.0 Å². The van der Waals surface area contributed by atoms with Gasteiger partial charge >= 0.3 is 0 Å². The third-order valence-corrected chi connectivity index (χ3v) is 3.02. The molecule has 0 aliphatic rings. The normalized spacial score (nSPS) is 13.3. The fourth-order valence-electron chi connectivity index (χ4n) is 1.59. The highest BCUT2D eigenvalue weighted by molar-refractivity contribution is 9.10. The average molecular weight is 269 g/mol. The molecule has 0 spiro atoms. The molecule has 1 aromatic carbocycles. The molecule has 0 radical (unpaired) electrons. The Morgan fingerprint density at radius 1 is 1.53 bits per heavy atom. The minimum Gasteiger partial charge on any atom is -0.442 e. The summed E-state index contributed by atoms with van der Waals surface area (Å²) >= 11 is 3.47. The van der Waals surface area contributed by atoms with Crippen molar-refractivity contribution in [3.63, 3.8) is 0 Å². The first kappa shape index (κ1) is 10.6. The number of rotatable bonds is 3. The van der Waals surface area contributed by atoms with E-state index in [-0.39, 0.29) is 0 Å². The first-order chi connectivity index (χ1) is 7.20. The molecule has 1 heterocycles. The summed E-state index contributed by atoms with van der Waals surface area (Å²) in [5.74, 6) is 0.487. The molecule has 2 rings (SSSR count). The molecule has 0 amide bonds. The van der Waals surface area contributed by atoms with Crippen molar-refractivity contribution in [2.45, 2.75) is 13.3 Å². The lowest BCUT2D eigenvalue weighted by molar-refractivity contribution is 0.591. The minimum absolute atomic E-state index is 0.487. The van der Waals surface area contributed by atoms with Gasteiger partial charge in [0.1, 0.15) is 5.52 Å². The standard InChI is InChI=1S/C11H13BrN2O/c1-7(5-13)2-8-3-9(12)11-10(4-8)14-6-15-11/h3-4,6-7H,2,5,13H2,1H3. The molecule has 0 saturated carbocycles. The number of fused-ring (bicyclic) bond motifs is 1. The van der Waals surface area contributed by atoms with Gasteiger partial charge in [-0.25, -0.2) is 4.98 Å². The number of benzene rings is 1. The Hall–Kier alpha value is -0.870. The van der Waals surface area contributed by atoms with Crippen molar-refractivity contribution in [1.82, 2.24) is 4.98 Å². The zero-order valence-electron chi connectivity index (χ0n) is 8.53. The summed E-state index contributed by atoms with van der Waals surface area (Å²) in [6.07, 6.45) is 2.43. The predicted molar refractivity (Wildman–Crippen MR) is 63.6 cm³/mol. The summed E-state index contributed by atoms with van der Waals surface area (Å²) in [4.78, 5) is 4.15. The Morgan fingerprint density at radius 2 is 2.33 bits per heavy atom. The molecule has 1 atom stereocenters. The van der Waals surface area contributed by atoms with Gasteiger partial charge in [0.2, 0.25) is 0 Å². The molecule has 0 bridgehead atoms. The number of nitrogens with two attached hydrogens (primary N) is 1. The number of oxazole rings is 1. The third kappa shape index (κ3) is 2.21. The lowest BCUT2D eigenvalue weighted by Gasteiger charge is -2.08. The van der Waals surface area contributed by atoms with Crippen LogP contribution in [0.4, 0.5) is 0 Å². The van der Waals surface area contributed by atoms with E-state index in [1.165, 1.54) is 12.0 Å². The minimum atomic E-state index is 0.487. The quantitative estimate of drug-likeness (QED) is 0.932. The first-order valence-corrected chi connectivity index (χ1v) is 5.71. The van der Waals surface area contributed by atoms with Gasteiger partial charge in [0.15, 0.2) is 12.0 Å². The van der Waals surface area contributed by atoms with Crippen LogP contribution in [0.1, 0.15) is 12.5 Å². The molecular formula is C11H13BrN2O. The first-order valence-electron chi connectivity index (χ1n) is 4.92. The van der Waals surface area contributed by atoms with Crippen LogP contribution in [0, 0.1) is 5.92 Å². The van der Waals surface area contributed by atoms with Crippen LogP contribution in [0.3, 0.4) is 0 Å². The summed E-state index contributed by atoms with van der Waals surface area (Å²) < 4.78 is 6.21. The molecule has 1 unspecified atom stereocenters. The van der Waals surface area contributed by atoms with Crippen LogP contribution >= 0.6 is 15.9 Å². The van der Waals surface area contributed by atoms with Crippen LogP contribution in [0.5, 0.6) is 0 Å². The maximum atomic E-state index is 5.60. The van der Waals surface area contributed by atoms with E-state index in [1.807, 2.05) is 0 Å². The Morgan fingerprint density at radius 3 is 3.07 bits per heavy atom. The van der Waals surface area contributed by atoms with E-state index in [1.54, 1.807) is 0 Å². The number of nitrogens with zero attached hydrogens (tertiary/aromatic N) is 1. The second kappa shape index (κ2) is 4.33. The maximum absolute atomic E-state index is 5.60. The zero-order chi connectivity index (χ0) is 10.8. The molecule has 0 aliphatic carbocycles. The van der Waals surface area contributed by atoms with E-state index in [2.05, 4.69) is 40.0 Å². The Bertz CT molecular complexity index is 467. The summed E-state index contributed by atoms with van der Waals surface area (Å²) in [5.41, 5.74) is 8.54. The second-order valence-electron chi connectivity index (χ2n) is 3.82. The van der Waals surface area contributed by atoms with Gasteiger partial charge in [-0.05, 0) is 52.5 Å². The van der Waals surface area contributed by atoms with E-state index < -0.39 is 0 Å². The van der Waals surface area contributed by atoms with Crippen LogP contribution in [0.2, 0.25) is 0 Å². The molecule has 80 valence electrons. The zero-order valence-corrected chi connectivity index (χ0v) is 10.1. The predicted octanol–water partition coefficient (Wildman–Crippen LogP) is 2.73. The van der Waals surface area contributed by atoms with Gasteiger partial charge in [-0.15, -0.1) is 0 Å². The van der Waals surface area contributed by atoms with Gasteiger partial charge in [-0.2, -0.15) is 0 Å². The van der Waals surface area contributed by atoms with Gasteiger partial charge in [-0.1, -0.05) is 6.92 Å². The fourth-order valence-corrected chi connectivity index (χ4v) is 2.18. The largest absolute Gasteiger partial charge is 0.442 e. The third-order valence-electron chi connectivity index (χ3n) is 2.43. The van der Waals surface area contributed by atoms with Crippen molar-refractivity contribution in [1.29, 1.82) is 0 Å². The number of hydrogen-bond acceptors (Lipinski definition) is 3. The lowest BCUT2D eigenvalue weighted by atomic mass is 10.0. The Kier molecular flexibility index (Phi) is 3.07. The average Bonchev–Trinajstić information content (AvgIpc) is 2.66. The molecule has 0 fully saturated rings. The Labute approximate surface area is 96.8 Å². The molecule has 4 heteroatoms. The molecule has 0 saturated heterocycles. The highest BCUT2D eigenvalue weighted by Gasteiger charge is 2.08. The highest BCUT2D eigenvalue weighted by atomic mass is 79.9. The molecule has 15 heavy (non-hydrogen) atoms. The molecule has 2 aromatic rings. The topological polar surface area (TPSA) is 52.0 Å². The van der Waals surface area contributed by atoms with Crippen molar-refractivity contribution in [2.24, 2.45) is 11.7 Å². The van der Waals surface area contributed by atoms with Crippen molar-refractivity contribution >= 4 is 27.0 Å². The van der Waals surface area contributed by atoms with E-state index >= 15 is 0 Å². The summed E-state index contributed by atoms with van der Waals surface area (Å²) in [5, 5.41) is 0. The monoisotopic (exact) mass is 268 g/mol. The van der Waals surface area contributed by atoms with Gasteiger partial charge in [-0.3, -0.25) is 0 Å².